The number of thiophene rings is 1. The minimum atomic E-state index is -0.00691. The first-order valence-corrected chi connectivity index (χ1v) is 8.91. The highest BCUT2D eigenvalue weighted by atomic mass is 35.5. The molecule has 0 spiro atoms. The number of nitrogens with two attached hydrogens (primary N) is 1. The second-order valence-electron chi connectivity index (χ2n) is 5.32. The van der Waals surface area contributed by atoms with Crippen molar-refractivity contribution in [2.75, 3.05) is 26.2 Å². The fourth-order valence-electron chi connectivity index (χ4n) is 2.73. The summed E-state index contributed by atoms with van der Waals surface area (Å²) in [5.74, 6) is 0.742. The van der Waals surface area contributed by atoms with E-state index in [2.05, 4.69) is 16.3 Å². The molecule has 8 heteroatoms. The van der Waals surface area contributed by atoms with Gasteiger partial charge in [-0.3, -0.25) is 4.90 Å². The molecular formula is C16H20Cl4N2OS. The van der Waals surface area contributed by atoms with E-state index < -0.39 is 0 Å². The van der Waals surface area contributed by atoms with E-state index in [0.717, 1.165) is 31.8 Å². The molecule has 1 atom stereocenters. The van der Waals surface area contributed by atoms with E-state index in [1.165, 1.54) is 10.4 Å². The molecule has 0 bridgehead atoms. The summed E-state index contributed by atoms with van der Waals surface area (Å²) in [6.07, 6.45) is 1.04. The van der Waals surface area contributed by atoms with Crippen LogP contribution in [0.25, 0.3) is 0 Å². The van der Waals surface area contributed by atoms with Gasteiger partial charge in [-0.2, -0.15) is 0 Å². The molecule has 24 heavy (non-hydrogen) atoms. The topological polar surface area (TPSA) is 38.5 Å². The number of rotatable bonds is 4. The van der Waals surface area contributed by atoms with Gasteiger partial charge in [-0.15, -0.1) is 36.2 Å². The summed E-state index contributed by atoms with van der Waals surface area (Å²) in [4.78, 5) is 3.75. The van der Waals surface area contributed by atoms with Crippen LogP contribution in [0.2, 0.25) is 10.0 Å². The lowest BCUT2D eigenvalue weighted by Gasteiger charge is -2.25. The van der Waals surface area contributed by atoms with Crippen molar-refractivity contribution >= 4 is 59.4 Å². The Morgan fingerprint density at radius 1 is 1.21 bits per heavy atom. The predicted octanol–water partition coefficient (Wildman–Crippen LogP) is 4.84. The largest absolute Gasteiger partial charge is 0.484 e. The number of nitrogens with zero attached hydrogens (tertiary/aromatic N) is 1. The molecule has 1 aromatic carbocycles. The van der Waals surface area contributed by atoms with E-state index >= 15 is 0 Å². The van der Waals surface area contributed by atoms with E-state index in [1.807, 2.05) is 6.07 Å². The maximum Gasteiger partial charge on any atom is 0.137 e. The van der Waals surface area contributed by atoms with Gasteiger partial charge in [0.1, 0.15) is 11.9 Å². The lowest BCUT2D eigenvalue weighted by atomic mass is 10.1. The van der Waals surface area contributed by atoms with Crippen molar-refractivity contribution in [3.63, 3.8) is 0 Å². The van der Waals surface area contributed by atoms with Crippen molar-refractivity contribution < 1.29 is 4.74 Å². The van der Waals surface area contributed by atoms with E-state index in [9.17, 15) is 0 Å². The Labute approximate surface area is 168 Å². The van der Waals surface area contributed by atoms with E-state index in [1.54, 1.807) is 23.5 Å². The van der Waals surface area contributed by atoms with Crippen molar-refractivity contribution in [2.24, 2.45) is 5.73 Å². The van der Waals surface area contributed by atoms with Crippen LogP contribution in [0.15, 0.2) is 29.6 Å². The fraction of sp³-hybridized carbons (Fsp3) is 0.375. The average molecular weight is 430 g/mol. The molecule has 2 N–H and O–H groups in total. The van der Waals surface area contributed by atoms with Gasteiger partial charge in [-0.1, -0.05) is 23.2 Å². The Balaban J connectivity index is 0.00000144. The van der Waals surface area contributed by atoms with Crippen LogP contribution in [0.1, 0.15) is 16.5 Å². The van der Waals surface area contributed by atoms with Crippen LogP contribution in [0.3, 0.4) is 0 Å². The van der Waals surface area contributed by atoms with Crippen LogP contribution >= 0.6 is 59.4 Å². The van der Waals surface area contributed by atoms with Crippen molar-refractivity contribution in [3.8, 4) is 5.75 Å². The minimum Gasteiger partial charge on any atom is -0.484 e. The highest BCUT2D eigenvalue weighted by molar-refractivity contribution is 7.10. The maximum absolute atomic E-state index is 6.21. The molecule has 0 aliphatic carbocycles. The lowest BCUT2D eigenvalue weighted by Crippen LogP contribution is -2.34. The van der Waals surface area contributed by atoms with Crippen LogP contribution in [-0.4, -0.2) is 31.1 Å². The van der Waals surface area contributed by atoms with E-state index in [4.69, 9.17) is 33.7 Å². The Bertz CT molecular complexity index is 653. The average Bonchev–Trinajstić information content (AvgIpc) is 2.90. The predicted molar refractivity (Wildman–Crippen MR) is 108 cm³/mol. The Morgan fingerprint density at radius 2 is 2.00 bits per heavy atom. The number of hydrogen-bond acceptors (Lipinski definition) is 4. The molecule has 0 amide bonds. The summed E-state index contributed by atoms with van der Waals surface area (Å²) < 4.78 is 6.21. The minimum absolute atomic E-state index is 0. The molecule has 0 fully saturated rings. The Kier molecular flexibility index (Phi) is 9.17. The van der Waals surface area contributed by atoms with Gasteiger partial charge in [-0.05, 0) is 30.0 Å². The molecule has 1 unspecified atom stereocenters. The van der Waals surface area contributed by atoms with Crippen molar-refractivity contribution in [2.45, 2.75) is 12.5 Å². The normalized spacial score (nSPS) is 17.2. The molecule has 0 saturated carbocycles. The third-order valence-electron chi connectivity index (χ3n) is 3.82. The first-order valence-electron chi connectivity index (χ1n) is 7.28. The molecule has 1 aliphatic heterocycles. The zero-order valence-corrected chi connectivity index (χ0v) is 16.9. The zero-order chi connectivity index (χ0) is 15.5. The molecule has 134 valence electrons. The van der Waals surface area contributed by atoms with Gasteiger partial charge in [0.25, 0.3) is 0 Å². The molecule has 3 nitrogen and oxygen atoms in total. The molecular weight excluding hydrogens is 410 g/mol. The van der Waals surface area contributed by atoms with E-state index in [-0.39, 0.29) is 30.9 Å². The van der Waals surface area contributed by atoms with Gasteiger partial charge in [0.15, 0.2) is 0 Å². The number of halogens is 4. The third-order valence-corrected chi connectivity index (χ3v) is 5.56. The maximum atomic E-state index is 6.21. The van der Waals surface area contributed by atoms with Crippen LogP contribution in [-0.2, 0) is 6.42 Å². The quantitative estimate of drug-likeness (QED) is 0.755. The summed E-state index contributed by atoms with van der Waals surface area (Å²) in [7, 11) is 0. The molecule has 0 radical (unpaired) electrons. The van der Waals surface area contributed by atoms with Gasteiger partial charge in [0.2, 0.25) is 0 Å². The molecule has 2 heterocycles. The first-order chi connectivity index (χ1) is 10.7. The number of benzene rings is 1. The summed E-state index contributed by atoms with van der Waals surface area (Å²) >= 11 is 13.8. The third kappa shape index (κ3) is 5.15. The molecule has 0 saturated heterocycles. The Hall–Kier alpha value is -0.200. The number of hydrogen-bond donors (Lipinski definition) is 1. The second kappa shape index (κ2) is 10.1. The smallest absolute Gasteiger partial charge is 0.137 e. The highest BCUT2D eigenvalue weighted by Crippen LogP contribution is 2.33. The highest BCUT2D eigenvalue weighted by Gasteiger charge is 2.25. The SMILES string of the molecule is Cl.Cl.NCCN1CCc2sccc2C(Oc2ccc(Cl)c(Cl)c2)C1. The van der Waals surface area contributed by atoms with Gasteiger partial charge in [0, 0.05) is 42.7 Å². The first kappa shape index (κ1) is 21.8. The summed E-state index contributed by atoms with van der Waals surface area (Å²) in [5.41, 5.74) is 6.99. The number of fused-ring (bicyclic) bond motifs is 1. The van der Waals surface area contributed by atoms with Crippen LogP contribution in [0.4, 0.5) is 0 Å². The lowest BCUT2D eigenvalue weighted by molar-refractivity contribution is 0.143. The fourth-order valence-corrected chi connectivity index (χ4v) is 3.94. The Morgan fingerprint density at radius 3 is 2.71 bits per heavy atom. The molecule has 1 aliphatic rings. The van der Waals surface area contributed by atoms with Crippen molar-refractivity contribution in [1.29, 1.82) is 0 Å². The van der Waals surface area contributed by atoms with Gasteiger partial charge in [0.05, 0.1) is 10.0 Å². The zero-order valence-electron chi connectivity index (χ0n) is 12.9. The summed E-state index contributed by atoms with van der Waals surface area (Å²) in [6, 6.07) is 7.56. The number of ether oxygens (including phenoxy) is 1. The second-order valence-corrected chi connectivity index (χ2v) is 7.14. The van der Waals surface area contributed by atoms with Crippen LogP contribution in [0.5, 0.6) is 5.75 Å². The molecule has 2 aromatic rings. The molecule has 1 aromatic heterocycles. The summed E-state index contributed by atoms with van der Waals surface area (Å²) in [5, 5.41) is 3.18. The van der Waals surface area contributed by atoms with Crippen LogP contribution in [0, 0.1) is 0 Å². The molecule has 3 rings (SSSR count). The van der Waals surface area contributed by atoms with Crippen LogP contribution < -0.4 is 10.5 Å². The monoisotopic (exact) mass is 428 g/mol. The standard InChI is InChI=1S/C16H18Cl2N2OS.2ClH/c17-13-2-1-11(9-14(13)18)21-15-10-20(7-5-19)6-3-16-12(15)4-8-22-16;;/h1-2,4,8-9,15H,3,5-7,10,19H2;2*1H. The van der Waals surface area contributed by atoms with E-state index in [0.29, 0.717) is 16.6 Å². The van der Waals surface area contributed by atoms with Gasteiger partial charge < -0.3 is 10.5 Å². The van der Waals surface area contributed by atoms with Gasteiger partial charge in [-0.25, -0.2) is 0 Å². The summed E-state index contributed by atoms with van der Waals surface area (Å²) in [6.45, 7) is 3.40. The van der Waals surface area contributed by atoms with Crippen molar-refractivity contribution in [3.05, 3.63) is 50.1 Å². The van der Waals surface area contributed by atoms with Gasteiger partial charge >= 0.3 is 0 Å². The van der Waals surface area contributed by atoms with Crippen molar-refractivity contribution in [1.82, 2.24) is 4.90 Å².